The molecule has 0 bridgehead atoms. The Kier molecular flexibility index (Phi) is 33.8. The molecule has 0 spiro atoms. The number of nitrogens with one attached hydrogen (secondary N) is 4. The van der Waals surface area contributed by atoms with E-state index >= 15 is 28.8 Å². The zero-order valence-corrected chi connectivity index (χ0v) is 62.2. The molecular formula is C69H125N13O12. The SMILES string of the molecule is C/C=C/C[C@@H](C)[C@@H](O)[C@H]1C(=O)N[C@@H](CC)C(=O)N(C)[C@H](C)C(=O)N(C)[C@@H]([C@H](C)CN2CCN(C(C)C)CC2)C(=O)N[C@@H](C(C)C)C(=O)N(C)[C@@H](CC(C)C)C(=O)N[C@@H](C)C(=O)N[C@H](C)C(=O)N(C)[C@@H](CC(C)C)C(=O)N(C)[C@@H](CC(C)C)C(=O)N(C)[C@@H](C(C)C)C(=O)N1C. The molecule has 2 heterocycles. The number of nitrogens with zero attached hydrogens (tertiary/aromatic N) is 9. The highest BCUT2D eigenvalue weighted by Crippen LogP contribution is 2.26. The van der Waals surface area contributed by atoms with Gasteiger partial charge < -0.3 is 65.6 Å². The lowest BCUT2D eigenvalue weighted by atomic mass is 9.91. The molecule has 2 aliphatic heterocycles. The highest BCUT2D eigenvalue weighted by molar-refractivity contribution is 6.00. The lowest BCUT2D eigenvalue weighted by molar-refractivity contribution is -0.157. The molecule has 0 aromatic carbocycles. The van der Waals surface area contributed by atoms with Gasteiger partial charge in [-0.15, -0.1) is 0 Å². The fraction of sp³-hybridized carbons (Fsp3) is 0.812. The predicted octanol–water partition coefficient (Wildman–Crippen LogP) is 3.27. The van der Waals surface area contributed by atoms with Crippen molar-refractivity contribution < 1.29 is 57.8 Å². The Balaban J connectivity index is 3.06. The van der Waals surface area contributed by atoms with Gasteiger partial charge in [0.15, 0.2) is 0 Å². The summed E-state index contributed by atoms with van der Waals surface area (Å²) >= 11 is 0. The van der Waals surface area contributed by atoms with E-state index in [4.69, 9.17) is 0 Å². The smallest absolute Gasteiger partial charge is 0.246 e. The number of piperazine rings is 1. The Morgan fingerprint density at radius 3 is 1.37 bits per heavy atom. The molecule has 25 heteroatoms. The summed E-state index contributed by atoms with van der Waals surface area (Å²) in [6.07, 6.45) is 2.85. The average Bonchev–Trinajstić information content (AvgIpc) is 0.812. The number of aliphatic hydroxyl groups is 1. The summed E-state index contributed by atoms with van der Waals surface area (Å²) in [4.78, 5) is 177. The van der Waals surface area contributed by atoms with Crippen LogP contribution in [0.2, 0.25) is 0 Å². The van der Waals surface area contributed by atoms with Crippen molar-refractivity contribution in [3.63, 3.8) is 0 Å². The largest absolute Gasteiger partial charge is 0.390 e. The van der Waals surface area contributed by atoms with Gasteiger partial charge in [-0.2, -0.15) is 0 Å². The Hall–Kier alpha value is -6.21. The highest BCUT2D eigenvalue weighted by Gasteiger charge is 2.47. The van der Waals surface area contributed by atoms with Crippen molar-refractivity contribution in [3.05, 3.63) is 12.2 Å². The number of amides is 11. The fourth-order valence-corrected chi connectivity index (χ4v) is 12.8. The molecule has 0 aromatic rings. The van der Waals surface area contributed by atoms with Crippen LogP contribution in [0.3, 0.4) is 0 Å². The molecule has 538 valence electrons. The molecule has 2 fully saturated rings. The van der Waals surface area contributed by atoms with E-state index in [0.29, 0.717) is 32.1 Å². The molecule has 11 amide bonds. The summed E-state index contributed by atoms with van der Waals surface area (Å²) < 4.78 is 0. The topological polar surface area (TPSA) is 285 Å². The zero-order valence-electron chi connectivity index (χ0n) is 62.2. The van der Waals surface area contributed by atoms with Gasteiger partial charge in [-0.1, -0.05) is 102 Å². The van der Waals surface area contributed by atoms with Crippen LogP contribution in [-0.4, -0.2) is 275 Å². The van der Waals surface area contributed by atoms with Crippen molar-refractivity contribution in [2.24, 2.45) is 41.4 Å². The number of allylic oxidation sites excluding steroid dienone is 2. The Labute approximate surface area is 563 Å². The van der Waals surface area contributed by atoms with Crippen LogP contribution in [0.5, 0.6) is 0 Å². The zero-order chi connectivity index (χ0) is 72.4. The van der Waals surface area contributed by atoms with Crippen molar-refractivity contribution >= 4 is 65.0 Å². The number of aliphatic hydroxyl groups excluding tert-OH is 1. The third kappa shape index (κ3) is 22.4. The summed E-state index contributed by atoms with van der Waals surface area (Å²) in [6, 6.07) is -13.5. The van der Waals surface area contributed by atoms with Gasteiger partial charge in [-0.25, -0.2) is 0 Å². The summed E-state index contributed by atoms with van der Waals surface area (Å²) in [5.41, 5.74) is 0. The van der Waals surface area contributed by atoms with E-state index in [2.05, 4.69) is 44.9 Å². The third-order valence-electron chi connectivity index (χ3n) is 19.0. The maximum atomic E-state index is 15.3. The van der Waals surface area contributed by atoms with Gasteiger partial charge in [0.2, 0.25) is 65.0 Å². The van der Waals surface area contributed by atoms with Gasteiger partial charge in [-0.05, 0) is 115 Å². The second kappa shape index (κ2) is 37.9. The normalized spacial score (nSPS) is 28.0. The molecule has 0 aromatic heterocycles. The van der Waals surface area contributed by atoms with Crippen molar-refractivity contribution in [1.82, 2.24) is 65.4 Å². The molecule has 94 heavy (non-hydrogen) atoms. The lowest BCUT2D eigenvalue weighted by Crippen LogP contribution is -2.64. The maximum Gasteiger partial charge on any atom is 0.246 e. The van der Waals surface area contributed by atoms with Crippen molar-refractivity contribution in [2.45, 2.75) is 242 Å². The van der Waals surface area contributed by atoms with Crippen LogP contribution in [0.15, 0.2) is 12.2 Å². The second-order valence-corrected chi connectivity index (χ2v) is 29.2. The number of carbonyl (C=O) groups excluding carboxylic acids is 11. The summed E-state index contributed by atoms with van der Waals surface area (Å²) in [5, 5.41) is 23.5. The average molecular weight is 1330 g/mol. The van der Waals surface area contributed by atoms with Gasteiger partial charge in [0.05, 0.1) is 6.10 Å². The molecule has 2 rings (SSSR count). The lowest BCUT2D eigenvalue weighted by Gasteiger charge is -2.42. The maximum absolute atomic E-state index is 15.3. The molecule has 0 unspecified atom stereocenters. The standard InChI is InChI=1S/C69H125N13O12/c1-27-29-30-45(15)58(83)57-62(87)72-50(28-2)65(90)74(20)49(19)64(89)79(25)56(46(16)38-81-31-33-82(34-32-81)44(13)14)61(86)73-54(42(9)10)68(93)75(21)51(35-39(3)4)60(85)70-47(17)59(84)71-48(18)63(88)76(22)52(36-40(5)6)66(91)77(23)53(37-41(7)8)67(92)78(24)55(43(11)12)69(94)80(57)26/h27,29,39-58,83H,28,30-38H2,1-26H3,(H,70,85)(H,71,84)(H,72,87)(H,73,86)/b29-27+/t45-,46-,47+,48-,49-,50+,51+,52+,53+,54+,55+,56+,57+,58-/m1/s1. The number of likely N-dealkylation sites (N-methyl/N-ethyl adjacent to an activating group) is 7. The van der Waals surface area contributed by atoms with Crippen molar-refractivity contribution in [1.29, 1.82) is 0 Å². The molecule has 25 nitrogen and oxygen atoms in total. The van der Waals surface area contributed by atoms with Crippen LogP contribution in [0.1, 0.15) is 164 Å². The Bertz CT molecular complexity index is 2590. The summed E-state index contributed by atoms with van der Waals surface area (Å²) in [6.45, 7) is 37.3. The van der Waals surface area contributed by atoms with Gasteiger partial charge in [0, 0.05) is 88.1 Å². The van der Waals surface area contributed by atoms with Crippen LogP contribution in [0.4, 0.5) is 0 Å². The first-order valence-electron chi connectivity index (χ1n) is 34.4. The molecule has 2 aliphatic rings. The summed E-state index contributed by atoms with van der Waals surface area (Å²) in [5.74, 6) is -10.2. The molecule has 2 saturated heterocycles. The van der Waals surface area contributed by atoms with E-state index in [9.17, 15) is 29.1 Å². The van der Waals surface area contributed by atoms with Crippen LogP contribution in [-0.2, 0) is 52.7 Å². The van der Waals surface area contributed by atoms with Gasteiger partial charge in [0.1, 0.15) is 66.5 Å². The van der Waals surface area contributed by atoms with Crippen LogP contribution >= 0.6 is 0 Å². The van der Waals surface area contributed by atoms with Gasteiger partial charge in [-0.3, -0.25) is 57.6 Å². The Morgan fingerprint density at radius 1 is 0.457 bits per heavy atom. The summed E-state index contributed by atoms with van der Waals surface area (Å²) in [7, 11) is 10.1. The van der Waals surface area contributed by atoms with Gasteiger partial charge >= 0.3 is 0 Å². The van der Waals surface area contributed by atoms with Crippen LogP contribution < -0.4 is 21.3 Å². The number of hydrogen-bond donors (Lipinski definition) is 5. The molecule has 14 atom stereocenters. The minimum atomic E-state index is -1.63. The first-order chi connectivity index (χ1) is 43.5. The number of hydrogen-bond acceptors (Lipinski definition) is 14. The van der Waals surface area contributed by atoms with Crippen LogP contribution in [0, 0.1) is 41.4 Å². The van der Waals surface area contributed by atoms with E-state index in [0.717, 1.165) is 18.0 Å². The fourth-order valence-electron chi connectivity index (χ4n) is 12.8. The molecular weight excluding hydrogens is 1200 g/mol. The van der Waals surface area contributed by atoms with Crippen molar-refractivity contribution in [2.75, 3.05) is 82.1 Å². The van der Waals surface area contributed by atoms with Crippen LogP contribution in [0.25, 0.3) is 0 Å². The molecule has 0 saturated carbocycles. The number of carbonyl (C=O) groups is 11. The van der Waals surface area contributed by atoms with E-state index in [-0.39, 0.29) is 43.4 Å². The number of rotatable bonds is 17. The predicted molar refractivity (Wildman–Crippen MR) is 366 cm³/mol. The molecule has 0 aliphatic carbocycles. The van der Waals surface area contributed by atoms with E-state index in [1.165, 1.54) is 99.5 Å². The Morgan fingerprint density at radius 2 is 0.904 bits per heavy atom. The van der Waals surface area contributed by atoms with Gasteiger partial charge in [0.25, 0.3) is 0 Å². The molecule has 5 N–H and O–H groups in total. The van der Waals surface area contributed by atoms with Crippen molar-refractivity contribution in [3.8, 4) is 0 Å². The van der Waals surface area contributed by atoms with E-state index in [1.54, 1.807) is 47.6 Å². The minimum Gasteiger partial charge on any atom is -0.390 e. The third-order valence-corrected chi connectivity index (χ3v) is 19.0. The van der Waals surface area contributed by atoms with E-state index < -0.39 is 161 Å². The monoisotopic (exact) mass is 1330 g/mol. The minimum absolute atomic E-state index is 0.00946. The molecule has 0 radical (unpaired) electrons. The van der Waals surface area contributed by atoms with E-state index in [1.807, 2.05) is 61.5 Å². The second-order valence-electron chi connectivity index (χ2n) is 29.2. The highest BCUT2D eigenvalue weighted by atomic mass is 16.3. The first kappa shape index (κ1) is 83.9. The first-order valence-corrected chi connectivity index (χ1v) is 34.4. The quantitative estimate of drug-likeness (QED) is 0.131.